The van der Waals surface area contributed by atoms with Gasteiger partial charge in [0, 0.05) is 23.2 Å². The van der Waals surface area contributed by atoms with Crippen molar-refractivity contribution in [2.24, 2.45) is 0 Å². The molecule has 1 aromatic heterocycles. The van der Waals surface area contributed by atoms with E-state index in [9.17, 15) is 8.78 Å². The van der Waals surface area contributed by atoms with Crippen LogP contribution in [0.3, 0.4) is 0 Å². The minimum atomic E-state index is -0.661. The van der Waals surface area contributed by atoms with E-state index in [-0.39, 0.29) is 5.56 Å². The Morgan fingerprint density at radius 1 is 0.800 bits per heavy atom. The SMILES string of the molecule is Fc1cccc(F)c1C#Cc1cncc2ccccc12. The van der Waals surface area contributed by atoms with Gasteiger partial charge in [-0.1, -0.05) is 42.2 Å². The zero-order chi connectivity index (χ0) is 13.9. The molecule has 0 fully saturated rings. The number of benzene rings is 2. The van der Waals surface area contributed by atoms with E-state index in [0.717, 1.165) is 10.8 Å². The van der Waals surface area contributed by atoms with E-state index in [0.29, 0.717) is 5.56 Å². The highest BCUT2D eigenvalue weighted by molar-refractivity contribution is 5.87. The maximum absolute atomic E-state index is 13.5. The molecule has 0 saturated carbocycles. The van der Waals surface area contributed by atoms with Crippen molar-refractivity contribution < 1.29 is 8.78 Å². The van der Waals surface area contributed by atoms with Gasteiger partial charge in [0.2, 0.25) is 0 Å². The highest BCUT2D eigenvalue weighted by Gasteiger charge is 2.05. The number of hydrogen-bond donors (Lipinski definition) is 0. The Balaban J connectivity index is 2.14. The lowest BCUT2D eigenvalue weighted by Crippen LogP contribution is -1.89. The van der Waals surface area contributed by atoms with Gasteiger partial charge in [0.25, 0.3) is 0 Å². The van der Waals surface area contributed by atoms with E-state index in [1.54, 1.807) is 12.4 Å². The Hall–Kier alpha value is -2.73. The summed E-state index contributed by atoms with van der Waals surface area (Å²) in [5.41, 5.74) is 0.422. The summed E-state index contributed by atoms with van der Waals surface area (Å²) in [5, 5.41) is 1.85. The molecule has 20 heavy (non-hydrogen) atoms. The Morgan fingerprint density at radius 3 is 2.35 bits per heavy atom. The molecule has 0 N–H and O–H groups in total. The van der Waals surface area contributed by atoms with Crippen molar-refractivity contribution in [1.82, 2.24) is 4.98 Å². The summed E-state index contributed by atoms with van der Waals surface area (Å²) in [6.45, 7) is 0. The molecule has 0 aliphatic heterocycles. The van der Waals surface area contributed by atoms with Crippen molar-refractivity contribution >= 4 is 10.8 Å². The number of aromatic nitrogens is 1. The summed E-state index contributed by atoms with van der Waals surface area (Å²) in [5.74, 6) is 4.02. The summed E-state index contributed by atoms with van der Waals surface area (Å²) >= 11 is 0. The number of nitrogens with zero attached hydrogens (tertiary/aromatic N) is 1. The molecule has 0 aliphatic rings. The average Bonchev–Trinajstić information content (AvgIpc) is 2.47. The maximum Gasteiger partial charge on any atom is 0.141 e. The highest BCUT2D eigenvalue weighted by Crippen LogP contribution is 2.16. The van der Waals surface area contributed by atoms with Gasteiger partial charge >= 0.3 is 0 Å². The molecular weight excluding hydrogens is 256 g/mol. The first kappa shape index (κ1) is 12.3. The predicted octanol–water partition coefficient (Wildman–Crippen LogP) is 3.91. The molecule has 96 valence electrons. The first-order chi connectivity index (χ1) is 9.75. The largest absolute Gasteiger partial charge is 0.263 e. The van der Waals surface area contributed by atoms with Crippen LogP contribution in [0.25, 0.3) is 10.8 Å². The van der Waals surface area contributed by atoms with Crippen LogP contribution in [0.4, 0.5) is 8.78 Å². The molecular formula is C17H9F2N. The second-order valence-corrected chi connectivity index (χ2v) is 4.25. The second kappa shape index (κ2) is 5.10. The van der Waals surface area contributed by atoms with E-state index >= 15 is 0 Å². The van der Waals surface area contributed by atoms with Crippen LogP contribution < -0.4 is 0 Å². The first-order valence-corrected chi connectivity index (χ1v) is 6.04. The fourth-order valence-corrected chi connectivity index (χ4v) is 1.96. The first-order valence-electron chi connectivity index (χ1n) is 6.04. The summed E-state index contributed by atoms with van der Waals surface area (Å²) in [6, 6.07) is 11.3. The van der Waals surface area contributed by atoms with Crippen LogP contribution >= 0.6 is 0 Å². The van der Waals surface area contributed by atoms with E-state index in [4.69, 9.17) is 0 Å². The smallest absolute Gasteiger partial charge is 0.141 e. The van der Waals surface area contributed by atoms with Gasteiger partial charge in [-0.3, -0.25) is 4.98 Å². The third-order valence-corrected chi connectivity index (χ3v) is 2.95. The van der Waals surface area contributed by atoms with Gasteiger partial charge in [-0.05, 0) is 12.1 Å². The van der Waals surface area contributed by atoms with Gasteiger partial charge in [-0.15, -0.1) is 0 Å². The molecule has 1 nitrogen and oxygen atoms in total. The Bertz CT molecular complexity index is 819. The summed E-state index contributed by atoms with van der Waals surface area (Å²) < 4.78 is 27.0. The Kier molecular flexibility index (Phi) is 3.14. The quantitative estimate of drug-likeness (QED) is 0.561. The molecule has 3 rings (SSSR count). The normalized spacial score (nSPS) is 10.1. The van der Waals surface area contributed by atoms with Crippen LogP contribution in [-0.4, -0.2) is 4.98 Å². The minimum Gasteiger partial charge on any atom is -0.263 e. The van der Waals surface area contributed by atoms with Crippen LogP contribution in [0.2, 0.25) is 0 Å². The minimum absolute atomic E-state index is 0.222. The molecule has 2 aromatic carbocycles. The number of fused-ring (bicyclic) bond motifs is 1. The van der Waals surface area contributed by atoms with Crippen LogP contribution in [0.1, 0.15) is 11.1 Å². The lowest BCUT2D eigenvalue weighted by Gasteiger charge is -1.99. The molecule has 3 aromatic rings. The van der Waals surface area contributed by atoms with Crippen LogP contribution in [0.15, 0.2) is 54.9 Å². The predicted molar refractivity (Wildman–Crippen MR) is 74.1 cm³/mol. The molecule has 1 heterocycles. The summed E-state index contributed by atoms with van der Waals surface area (Å²) in [4.78, 5) is 4.08. The molecule has 3 heteroatoms. The van der Waals surface area contributed by atoms with Crippen LogP contribution in [0.5, 0.6) is 0 Å². The molecule has 0 atom stereocenters. The number of halogens is 2. The fourth-order valence-electron chi connectivity index (χ4n) is 1.96. The van der Waals surface area contributed by atoms with Crippen molar-refractivity contribution in [2.75, 3.05) is 0 Å². The Morgan fingerprint density at radius 2 is 1.55 bits per heavy atom. The van der Waals surface area contributed by atoms with Crippen molar-refractivity contribution in [3.63, 3.8) is 0 Å². The van der Waals surface area contributed by atoms with Gasteiger partial charge in [-0.2, -0.15) is 0 Å². The molecule has 0 bridgehead atoms. The molecule has 0 radical (unpaired) electrons. The zero-order valence-corrected chi connectivity index (χ0v) is 10.4. The second-order valence-electron chi connectivity index (χ2n) is 4.25. The maximum atomic E-state index is 13.5. The van der Waals surface area contributed by atoms with Gasteiger partial charge in [-0.25, -0.2) is 8.78 Å². The molecule has 0 amide bonds. The summed E-state index contributed by atoms with van der Waals surface area (Å²) in [6.07, 6.45) is 3.32. The lowest BCUT2D eigenvalue weighted by atomic mass is 10.1. The average molecular weight is 265 g/mol. The third kappa shape index (κ3) is 2.24. The van der Waals surface area contributed by atoms with Crippen molar-refractivity contribution in [3.8, 4) is 11.8 Å². The van der Waals surface area contributed by atoms with Crippen molar-refractivity contribution in [3.05, 3.63) is 77.6 Å². The van der Waals surface area contributed by atoms with Crippen molar-refractivity contribution in [1.29, 1.82) is 0 Å². The van der Waals surface area contributed by atoms with Gasteiger partial charge < -0.3 is 0 Å². The van der Waals surface area contributed by atoms with E-state index in [1.807, 2.05) is 24.3 Å². The van der Waals surface area contributed by atoms with Gasteiger partial charge in [0.05, 0.1) is 11.1 Å². The van der Waals surface area contributed by atoms with Gasteiger partial charge in [0.1, 0.15) is 11.6 Å². The van der Waals surface area contributed by atoms with Gasteiger partial charge in [0.15, 0.2) is 0 Å². The van der Waals surface area contributed by atoms with Crippen LogP contribution in [-0.2, 0) is 0 Å². The molecule has 0 saturated heterocycles. The zero-order valence-electron chi connectivity index (χ0n) is 10.4. The summed E-state index contributed by atoms with van der Waals surface area (Å²) in [7, 11) is 0. The van der Waals surface area contributed by atoms with Crippen molar-refractivity contribution in [2.45, 2.75) is 0 Å². The Labute approximate surface area is 114 Å². The highest BCUT2D eigenvalue weighted by atomic mass is 19.1. The van der Waals surface area contributed by atoms with E-state index in [1.165, 1.54) is 18.2 Å². The number of hydrogen-bond acceptors (Lipinski definition) is 1. The van der Waals surface area contributed by atoms with Crippen LogP contribution in [0, 0.1) is 23.5 Å². The molecule has 0 aliphatic carbocycles. The molecule has 0 spiro atoms. The topological polar surface area (TPSA) is 12.9 Å². The lowest BCUT2D eigenvalue weighted by molar-refractivity contribution is 0.577. The van der Waals surface area contributed by atoms with E-state index in [2.05, 4.69) is 16.8 Å². The third-order valence-electron chi connectivity index (χ3n) is 2.95. The standard InChI is InChI=1S/C17H9F2N/c18-16-6-3-7-17(19)15(16)9-8-13-11-20-10-12-4-1-2-5-14(12)13/h1-7,10-11H. The number of pyridine rings is 1. The molecule has 0 unspecified atom stereocenters. The fraction of sp³-hybridized carbons (Fsp3) is 0. The monoisotopic (exact) mass is 265 g/mol. The number of rotatable bonds is 0. The van der Waals surface area contributed by atoms with E-state index < -0.39 is 11.6 Å².